The van der Waals surface area contributed by atoms with Crippen molar-refractivity contribution in [2.24, 2.45) is 5.92 Å². The van der Waals surface area contributed by atoms with Crippen LogP contribution in [-0.2, 0) is 9.47 Å². The molecule has 0 aliphatic heterocycles. The predicted molar refractivity (Wildman–Crippen MR) is 83.5 cm³/mol. The molecule has 0 aromatic heterocycles. The predicted octanol–water partition coefficient (Wildman–Crippen LogP) is 0.863. The van der Waals surface area contributed by atoms with Gasteiger partial charge in [-0.25, -0.2) is 0 Å². The number of hydrogen-bond donors (Lipinski definition) is 2. The molecule has 2 rings (SSSR count). The molecule has 0 spiro atoms. The molecule has 2 N–H and O–H groups in total. The fraction of sp³-hybridized carbons (Fsp3) is 1.00. The van der Waals surface area contributed by atoms with E-state index in [4.69, 9.17) is 9.47 Å². The molecule has 2 aliphatic carbocycles. The zero-order valence-corrected chi connectivity index (χ0v) is 13.8. The molecule has 0 saturated heterocycles. The Balaban J connectivity index is 2.01. The zero-order valence-electron chi connectivity index (χ0n) is 13.8. The standard InChI is InChI=1S/C16H32N2O3/c1-13(10-21-3)18(8-9-20-2)11-16(12-19,14-4-5-14)17-15-6-7-15/h13-15,17,19H,4-12H2,1-3H3. The zero-order chi connectivity index (χ0) is 15.3. The van der Waals surface area contributed by atoms with E-state index in [-0.39, 0.29) is 12.1 Å². The van der Waals surface area contributed by atoms with Crippen molar-refractivity contribution in [2.75, 3.05) is 47.1 Å². The molecule has 0 radical (unpaired) electrons. The number of nitrogens with zero attached hydrogens (tertiary/aromatic N) is 1. The van der Waals surface area contributed by atoms with Gasteiger partial charge in [0.2, 0.25) is 0 Å². The summed E-state index contributed by atoms with van der Waals surface area (Å²) in [6.45, 7) is 5.58. The Morgan fingerprint density at radius 3 is 2.43 bits per heavy atom. The molecule has 2 atom stereocenters. The van der Waals surface area contributed by atoms with Gasteiger partial charge < -0.3 is 19.9 Å². The molecule has 5 nitrogen and oxygen atoms in total. The third-order valence-corrected chi connectivity index (χ3v) is 4.81. The van der Waals surface area contributed by atoms with E-state index in [2.05, 4.69) is 17.1 Å². The van der Waals surface area contributed by atoms with Crippen LogP contribution in [0.5, 0.6) is 0 Å². The Morgan fingerprint density at radius 1 is 1.24 bits per heavy atom. The van der Waals surface area contributed by atoms with Crippen LogP contribution in [0.25, 0.3) is 0 Å². The molecule has 21 heavy (non-hydrogen) atoms. The Labute approximate surface area is 129 Å². The monoisotopic (exact) mass is 300 g/mol. The van der Waals surface area contributed by atoms with Crippen molar-refractivity contribution in [3.63, 3.8) is 0 Å². The van der Waals surface area contributed by atoms with E-state index >= 15 is 0 Å². The fourth-order valence-electron chi connectivity index (χ4n) is 3.16. The minimum Gasteiger partial charge on any atom is -0.394 e. The molecule has 0 aromatic rings. The first-order valence-electron chi connectivity index (χ1n) is 8.25. The van der Waals surface area contributed by atoms with Crippen LogP contribution in [-0.4, -0.2) is 74.8 Å². The first-order valence-corrected chi connectivity index (χ1v) is 8.25. The third kappa shape index (κ3) is 4.89. The van der Waals surface area contributed by atoms with Crippen molar-refractivity contribution in [2.45, 2.75) is 50.2 Å². The highest BCUT2D eigenvalue weighted by molar-refractivity contribution is 5.06. The van der Waals surface area contributed by atoms with Crippen LogP contribution < -0.4 is 5.32 Å². The van der Waals surface area contributed by atoms with Crippen LogP contribution in [0.2, 0.25) is 0 Å². The van der Waals surface area contributed by atoms with Crippen molar-refractivity contribution in [3.05, 3.63) is 0 Å². The average molecular weight is 300 g/mol. The van der Waals surface area contributed by atoms with Gasteiger partial charge in [-0.05, 0) is 38.5 Å². The minimum atomic E-state index is -0.142. The number of ether oxygens (including phenoxy) is 2. The number of aliphatic hydroxyl groups is 1. The average Bonchev–Trinajstić information content (AvgIpc) is 3.35. The molecule has 2 saturated carbocycles. The second-order valence-corrected chi connectivity index (χ2v) is 6.77. The van der Waals surface area contributed by atoms with Gasteiger partial charge in [0.05, 0.1) is 25.4 Å². The maximum atomic E-state index is 10.1. The molecular weight excluding hydrogens is 268 g/mol. The van der Waals surface area contributed by atoms with Crippen LogP contribution in [0.1, 0.15) is 32.6 Å². The topological polar surface area (TPSA) is 54.0 Å². The Kier molecular flexibility index (Phi) is 6.44. The van der Waals surface area contributed by atoms with E-state index in [1.165, 1.54) is 25.7 Å². The van der Waals surface area contributed by atoms with Gasteiger partial charge in [0.15, 0.2) is 0 Å². The number of rotatable bonds is 12. The summed E-state index contributed by atoms with van der Waals surface area (Å²) in [5.41, 5.74) is -0.142. The van der Waals surface area contributed by atoms with E-state index in [0.29, 0.717) is 31.2 Å². The summed E-state index contributed by atoms with van der Waals surface area (Å²) >= 11 is 0. The smallest absolute Gasteiger partial charge is 0.0628 e. The third-order valence-electron chi connectivity index (χ3n) is 4.81. The number of nitrogens with one attached hydrogen (secondary N) is 1. The summed E-state index contributed by atoms with van der Waals surface area (Å²) in [5, 5.41) is 13.8. The Bertz CT molecular complexity index is 308. The number of methoxy groups -OCH3 is 2. The van der Waals surface area contributed by atoms with Gasteiger partial charge in [-0.2, -0.15) is 0 Å². The summed E-state index contributed by atoms with van der Waals surface area (Å²) < 4.78 is 10.6. The van der Waals surface area contributed by atoms with E-state index in [0.717, 1.165) is 13.1 Å². The first-order chi connectivity index (χ1) is 10.1. The molecule has 0 aromatic carbocycles. The van der Waals surface area contributed by atoms with E-state index in [9.17, 15) is 5.11 Å². The molecule has 0 heterocycles. The lowest BCUT2D eigenvalue weighted by molar-refractivity contribution is 0.0301. The van der Waals surface area contributed by atoms with Crippen molar-refractivity contribution in [1.82, 2.24) is 10.2 Å². The molecule has 2 fully saturated rings. The molecule has 2 aliphatic rings. The van der Waals surface area contributed by atoms with Gasteiger partial charge in [0.1, 0.15) is 0 Å². The summed E-state index contributed by atoms with van der Waals surface area (Å²) in [4.78, 5) is 2.40. The summed E-state index contributed by atoms with van der Waals surface area (Å²) in [6.07, 6.45) is 4.97. The molecular formula is C16H32N2O3. The molecule has 5 heteroatoms. The van der Waals surface area contributed by atoms with Crippen LogP contribution in [0, 0.1) is 5.92 Å². The highest BCUT2D eigenvalue weighted by atomic mass is 16.5. The highest BCUT2D eigenvalue weighted by Crippen LogP contribution is 2.42. The van der Waals surface area contributed by atoms with Gasteiger partial charge in [-0.1, -0.05) is 0 Å². The van der Waals surface area contributed by atoms with Crippen LogP contribution in [0.15, 0.2) is 0 Å². The van der Waals surface area contributed by atoms with Gasteiger partial charge in [0.25, 0.3) is 0 Å². The van der Waals surface area contributed by atoms with E-state index in [1.54, 1.807) is 14.2 Å². The molecule has 2 unspecified atom stereocenters. The van der Waals surface area contributed by atoms with Crippen molar-refractivity contribution in [3.8, 4) is 0 Å². The summed E-state index contributed by atoms with van der Waals surface area (Å²) in [5.74, 6) is 0.614. The van der Waals surface area contributed by atoms with Crippen molar-refractivity contribution in [1.29, 1.82) is 0 Å². The summed E-state index contributed by atoms with van der Waals surface area (Å²) in [6, 6.07) is 0.940. The molecule has 0 bridgehead atoms. The first kappa shape index (κ1) is 17.2. The fourth-order valence-corrected chi connectivity index (χ4v) is 3.16. The lowest BCUT2D eigenvalue weighted by atomic mass is 9.92. The normalized spacial score (nSPS) is 23.3. The van der Waals surface area contributed by atoms with Crippen molar-refractivity contribution >= 4 is 0 Å². The van der Waals surface area contributed by atoms with Gasteiger partial charge >= 0.3 is 0 Å². The minimum absolute atomic E-state index is 0.142. The van der Waals surface area contributed by atoms with E-state index in [1.807, 2.05) is 0 Å². The number of aliphatic hydroxyl groups excluding tert-OH is 1. The lowest BCUT2D eigenvalue weighted by Gasteiger charge is -2.41. The maximum Gasteiger partial charge on any atom is 0.0628 e. The quantitative estimate of drug-likeness (QED) is 0.560. The van der Waals surface area contributed by atoms with Crippen molar-refractivity contribution < 1.29 is 14.6 Å². The van der Waals surface area contributed by atoms with Gasteiger partial charge in [-0.15, -0.1) is 0 Å². The highest BCUT2D eigenvalue weighted by Gasteiger charge is 2.48. The van der Waals surface area contributed by atoms with Gasteiger partial charge in [-0.3, -0.25) is 4.90 Å². The number of hydrogen-bond acceptors (Lipinski definition) is 5. The molecule has 0 amide bonds. The summed E-state index contributed by atoms with van der Waals surface area (Å²) in [7, 11) is 3.48. The van der Waals surface area contributed by atoms with Gasteiger partial charge in [0, 0.05) is 39.4 Å². The second kappa shape index (κ2) is 7.88. The lowest BCUT2D eigenvalue weighted by Crippen LogP contribution is -2.60. The SMILES string of the molecule is COCCN(CC(CO)(NC1CC1)C1CC1)C(C)COC. The Morgan fingerprint density at radius 2 is 1.95 bits per heavy atom. The molecule has 124 valence electrons. The van der Waals surface area contributed by atoms with Crippen LogP contribution in [0.3, 0.4) is 0 Å². The maximum absolute atomic E-state index is 10.1. The largest absolute Gasteiger partial charge is 0.394 e. The van der Waals surface area contributed by atoms with E-state index < -0.39 is 0 Å². The van der Waals surface area contributed by atoms with Crippen LogP contribution >= 0.6 is 0 Å². The Hall–Kier alpha value is -0.200. The van der Waals surface area contributed by atoms with Crippen LogP contribution in [0.4, 0.5) is 0 Å². The second-order valence-electron chi connectivity index (χ2n) is 6.77.